The van der Waals surface area contributed by atoms with Crippen molar-refractivity contribution in [1.29, 1.82) is 0 Å². The number of carbonyl (C=O) groups excluding carboxylic acids is 1. The number of hydrogen-bond acceptors (Lipinski definition) is 3. The second kappa shape index (κ2) is 7.07. The van der Waals surface area contributed by atoms with Gasteiger partial charge in [-0.05, 0) is 24.4 Å². The molecule has 0 aliphatic heterocycles. The third-order valence-corrected chi connectivity index (χ3v) is 2.74. The molecule has 0 bridgehead atoms. The first kappa shape index (κ1) is 13.7. The standard InChI is InChI=1S/C14H21NO2/c1-11(2)13(14(16)17-3)15-10-9-12-7-5-4-6-8-12/h4-8,11,13,15H,9-10H2,1-3H3. The Morgan fingerprint density at radius 3 is 2.47 bits per heavy atom. The van der Waals surface area contributed by atoms with Crippen LogP contribution in [0.25, 0.3) is 0 Å². The van der Waals surface area contributed by atoms with E-state index < -0.39 is 0 Å². The molecule has 1 aromatic carbocycles. The van der Waals surface area contributed by atoms with Crippen molar-refractivity contribution in [1.82, 2.24) is 5.32 Å². The van der Waals surface area contributed by atoms with Crippen LogP contribution in [0, 0.1) is 5.92 Å². The first-order chi connectivity index (χ1) is 8.15. The Bertz CT molecular complexity index is 335. The minimum atomic E-state index is -0.219. The molecule has 0 aliphatic rings. The van der Waals surface area contributed by atoms with E-state index in [2.05, 4.69) is 17.4 Å². The molecule has 0 fully saturated rings. The smallest absolute Gasteiger partial charge is 0.323 e. The van der Waals surface area contributed by atoms with Crippen LogP contribution in [0.15, 0.2) is 30.3 Å². The molecule has 94 valence electrons. The molecule has 1 unspecified atom stereocenters. The van der Waals surface area contributed by atoms with Crippen molar-refractivity contribution >= 4 is 5.97 Å². The van der Waals surface area contributed by atoms with Crippen LogP contribution in [0.5, 0.6) is 0 Å². The lowest BCUT2D eigenvalue weighted by Crippen LogP contribution is -2.42. The molecule has 3 heteroatoms. The Kier molecular flexibility index (Phi) is 5.70. The van der Waals surface area contributed by atoms with E-state index in [1.165, 1.54) is 12.7 Å². The topological polar surface area (TPSA) is 38.3 Å². The summed E-state index contributed by atoms with van der Waals surface area (Å²) in [5, 5.41) is 3.24. The Morgan fingerprint density at radius 2 is 1.94 bits per heavy atom. The Morgan fingerprint density at radius 1 is 1.29 bits per heavy atom. The van der Waals surface area contributed by atoms with Crippen LogP contribution >= 0.6 is 0 Å². The van der Waals surface area contributed by atoms with Gasteiger partial charge in [-0.2, -0.15) is 0 Å². The summed E-state index contributed by atoms with van der Waals surface area (Å²) < 4.78 is 4.77. The van der Waals surface area contributed by atoms with Crippen molar-refractivity contribution in [2.75, 3.05) is 13.7 Å². The molecular weight excluding hydrogens is 214 g/mol. The van der Waals surface area contributed by atoms with Crippen molar-refractivity contribution in [2.45, 2.75) is 26.3 Å². The van der Waals surface area contributed by atoms with E-state index in [-0.39, 0.29) is 17.9 Å². The highest BCUT2D eigenvalue weighted by atomic mass is 16.5. The Hall–Kier alpha value is -1.35. The fourth-order valence-electron chi connectivity index (χ4n) is 1.73. The van der Waals surface area contributed by atoms with Crippen molar-refractivity contribution in [3.05, 3.63) is 35.9 Å². The summed E-state index contributed by atoms with van der Waals surface area (Å²) in [6, 6.07) is 10.0. The number of hydrogen-bond donors (Lipinski definition) is 1. The largest absolute Gasteiger partial charge is 0.468 e. The van der Waals surface area contributed by atoms with Crippen LogP contribution < -0.4 is 5.32 Å². The zero-order chi connectivity index (χ0) is 12.7. The normalized spacial score (nSPS) is 12.5. The average molecular weight is 235 g/mol. The van der Waals surface area contributed by atoms with E-state index >= 15 is 0 Å². The minimum absolute atomic E-state index is 0.187. The quantitative estimate of drug-likeness (QED) is 0.767. The summed E-state index contributed by atoms with van der Waals surface area (Å²) in [6.07, 6.45) is 0.918. The number of benzene rings is 1. The van der Waals surface area contributed by atoms with Gasteiger partial charge in [0.05, 0.1) is 7.11 Å². The highest BCUT2D eigenvalue weighted by Gasteiger charge is 2.21. The molecule has 1 rings (SSSR count). The number of rotatable bonds is 6. The number of esters is 1. The van der Waals surface area contributed by atoms with Gasteiger partial charge in [-0.1, -0.05) is 44.2 Å². The molecular formula is C14H21NO2. The van der Waals surface area contributed by atoms with Gasteiger partial charge in [0.25, 0.3) is 0 Å². The predicted molar refractivity (Wildman–Crippen MR) is 68.8 cm³/mol. The highest BCUT2D eigenvalue weighted by Crippen LogP contribution is 2.04. The molecule has 0 heterocycles. The molecule has 0 spiro atoms. The first-order valence-corrected chi connectivity index (χ1v) is 6.00. The van der Waals surface area contributed by atoms with Gasteiger partial charge in [0.2, 0.25) is 0 Å². The maximum Gasteiger partial charge on any atom is 0.323 e. The summed E-state index contributed by atoms with van der Waals surface area (Å²) in [7, 11) is 1.43. The van der Waals surface area contributed by atoms with Gasteiger partial charge < -0.3 is 10.1 Å². The lowest BCUT2D eigenvalue weighted by Gasteiger charge is -2.19. The zero-order valence-electron chi connectivity index (χ0n) is 10.8. The Balaban J connectivity index is 2.40. The predicted octanol–water partition coefficient (Wildman–Crippen LogP) is 2.02. The summed E-state index contributed by atoms with van der Waals surface area (Å²) >= 11 is 0. The van der Waals surface area contributed by atoms with E-state index in [1.807, 2.05) is 32.0 Å². The van der Waals surface area contributed by atoms with Crippen LogP contribution in [0.1, 0.15) is 19.4 Å². The Labute approximate surface area is 103 Å². The molecule has 1 aromatic rings. The average Bonchev–Trinajstić information content (AvgIpc) is 2.34. The molecule has 17 heavy (non-hydrogen) atoms. The van der Waals surface area contributed by atoms with E-state index in [9.17, 15) is 4.79 Å². The van der Waals surface area contributed by atoms with Crippen LogP contribution in [0.2, 0.25) is 0 Å². The van der Waals surface area contributed by atoms with Crippen LogP contribution in [-0.2, 0) is 16.0 Å². The molecule has 0 radical (unpaired) electrons. The third-order valence-electron chi connectivity index (χ3n) is 2.74. The number of ether oxygens (including phenoxy) is 1. The van der Waals surface area contributed by atoms with Crippen LogP contribution in [-0.4, -0.2) is 25.7 Å². The molecule has 1 atom stereocenters. The highest BCUT2D eigenvalue weighted by molar-refractivity contribution is 5.75. The van der Waals surface area contributed by atoms with Gasteiger partial charge in [0.15, 0.2) is 0 Å². The maximum absolute atomic E-state index is 11.5. The fourth-order valence-corrected chi connectivity index (χ4v) is 1.73. The van der Waals surface area contributed by atoms with E-state index in [0.29, 0.717) is 0 Å². The van der Waals surface area contributed by atoms with Crippen LogP contribution in [0.4, 0.5) is 0 Å². The summed E-state index contributed by atoms with van der Waals surface area (Å²) in [5.74, 6) is 0.0475. The maximum atomic E-state index is 11.5. The second-order valence-electron chi connectivity index (χ2n) is 4.43. The molecule has 1 N–H and O–H groups in total. The minimum Gasteiger partial charge on any atom is -0.468 e. The van der Waals surface area contributed by atoms with Gasteiger partial charge in [-0.15, -0.1) is 0 Å². The third kappa shape index (κ3) is 4.57. The fraction of sp³-hybridized carbons (Fsp3) is 0.500. The lowest BCUT2D eigenvalue weighted by atomic mass is 10.0. The molecule has 0 saturated carbocycles. The van der Waals surface area contributed by atoms with Gasteiger partial charge in [0, 0.05) is 0 Å². The molecule has 0 aliphatic carbocycles. The lowest BCUT2D eigenvalue weighted by molar-refractivity contribution is -0.144. The molecule has 0 aromatic heterocycles. The van der Waals surface area contributed by atoms with Crippen molar-refractivity contribution in [3.8, 4) is 0 Å². The van der Waals surface area contributed by atoms with E-state index in [1.54, 1.807) is 0 Å². The molecule has 3 nitrogen and oxygen atoms in total. The van der Waals surface area contributed by atoms with Gasteiger partial charge in [0.1, 0.15) is 6.04 Å². The van der Waals surface area contributed by atoms with E-state index in [4.69, 9.17) is 4.74 Å². The monoisotopic (exact) mass is 235 g/mol. The van der Waals surface area contributed by atoms with Gasteiger partial charge >= 0.3 is 5.97 Å². The van der Waals surface area contributed by atoms with Gasteiger partial charge in [-0.25, -0.2) is 0 Å². The summed E-state index contributed by atoms with van der Waals surface area (Å²) in [5.41, 5.74) is 1.27. The molecule has 0 amide bonds. The molecule has 0 saturated heterocycles. The van der Waals surface area contributed by atoms with E-state index in [0.717, 1.165) is 13.0 Å². The summed E-state index contributed by atoms with van der Waals surface area (Å²) in [6.45, 7) is 4.80. The number of carbonyl (C=O) groups is 1. The number of methoxy groups -OCH3 is 1. The first-order valence-electron chi connectivity index (χ1n) is 6.00. The van der Waals surface area contributed by atoms with Crippen LogP contribution in [0.3, 0.4) is 0 Å². The zero-order valence-corrected chi connectivity index (χ0v) is 10.8. The van der Waals surface area contributed by atoms with Crippen molar-refractivity contribution in [2.24, 2.45) is 5.92 Å². The van der Waals surface area contributed by atoms with Crippen molar-refractivity contribution < 1.29 is 9.53 Å². The van der Waals surface area contributed by atoms with Gasteiger partial charge in [-0.3, -0.25) is 4.79 Å². The number of nitrogens with one attached hydrogen (secondary N) is 1. The van der Waals surface area contributed by atoms with Crippen molar-refractivity contribution in [3.63, 3.8) is 0 Å². The SMILES string of the molecule is COC(=O)C(NCCc1ccccc1)C(C)C. The summed E-state index contributed by atoms with van der Waals surface area (Å²) in [4.78, 5) is 11.5. The second-order valence-corrected chi connectivity index (χ2v) is 4.43.